The van der Waals surface area contributed by atoms with Crippen molar-refractivity contribution in [1.29, 1.82) is 5.26 Å². The fourth-order valence-electron chi connectivity index (χ4n) is 3.47. The van der Waals surface area contributed by atoms with Gasteiger partial charge >= 0.3 is 0 Å². The Morgan fingerprint density at radius 3 is 2.86 bits per heavy atom. The summed E-state index contributed by atoms with van der Waals surface area (Å²) in [6.07, 6.45) is 6.22. The van der Waals surface area contributed by atoms with Gasteiger partial charge in [0.05, 0.1) is 18.0 Å². The summed E-state index contributed by atoms with van der Waals surface area (Å²) in [7, 11) is 0. The maximum absolute atomic E-state index is 12.3. The van der Waals surface area contributed by atoms with E-state index in [1.165, 1.54) is 0 Å². The molecule has 0 unspecified atom stereocenters. The fraction of sp³-hybridized carbons (Fsp3) is 0.238. The molecule has 2 heterocycles. The lowest BCUT2D eigenvalue weighted by atomic mass is 9.98. The summed E-state index contributed by atoms with van der Waals surface area (Å²) < 4.78 is 0. The zero-order chi connectivity index (χ0) is 19.8. The van der Waals surface area contributed by atoms with E-state index in [9.17, 15) is 4.79 Å². The predicted molar refractivity (Wildman–Crippen MR) is 109 cm³/mol. The first kappa shape index (κ1) is 17.7. The molecule has 140 valence electrons. The number of carbonyl (C=O) groups excluding carboxylic acids is 1. The molecule has 1 aliphatic carbocycles. The van der Waals surface area contributed by atoms with E-state index >= 15 is 0 Å². The average Bonchev–Trinajstić information content (AvgIpc) is 3.43. The van der Waals surface area contributed by atoms with E-state index in [0.717, 1.165) is 33.9 Å². The largest absolute Gasteiger partial charge is 0.398 e. The van der Waals surface area contributed by atoms with E-state index in [0.29, 0.717) is 23.6 Å². The molecule has 1 aliphatic rings. The molecule has 0 saturated heterocycles. The number of nitrogens with two attached hydrogens (primary N) is 2. The van der Waals surface area contributed by atoms with Gasteiger partial charge in [-0.2, -0.15) is 5.26 Å². The number of rotatable bonds is 4. The third-order valence-corrected chi connectivity index (χ3v) is 5.30. The molecular formula is C21H20N6O. The second kappa shape index (κ2) is 6.82. The highest BCUT2D eigenvalue weighted by Gasteiger charge is 2.42. The quantitative estimate of drug-likeness (QED) is 0.603. The summed E-state index contributed by atoms with van der Waals surface area (Å²) in [6, 6.07) is 7.79. The van der Waals surface area contributed by atoms with Crippen LogP contribution in [0.5, 0.6) is 0 Å². The lowest BCUT2D eigenvalue weighted by Gasteiger charge is -2.12. The van der Waals surface area contributed by atoms with E-state index < -0.39 is 0 Å². The summed E-state index contributed by atoms with van der Waals surface area (Å²) in [4.78, 5) is 20.8. The third-order valence-electron chi connectivity index (χ3n) is 5.30. The van der Waals surface area contributed by atoms with Gasteiger partial charge in [-0.1, -0.05) is 0 Å². The molecule has 1 aromatic carbocycles. The van der Waals surface area contributed by atoms with Crippen LogP contribution in [0.25, 0.3) is 21.9 Å². The van der Waals surface area contributed by atoms with Crippen molar-refractivity contribution in [2.75, 3.05) is 16.8 Å². The first-order valence-corrected chi connectivity index (χ1v) is 9.05. The minimum Gasteiger partial charge on any atom is -0.398 e. The molecule has 2 atom stereocenters. The van der Waals surface area contributed by atoms with Crippen molar-refractivity contribution >= 4 is 33.9 Å². The van der Waals surface area contributed by atoms with Crippen LogP contribution < -0.4 is 16.8 Å². The number of pyridine rings is 2. The van der Waals surface area contributed by atoms with Crippen LogP contribution in [0.1, 0.15) is 18.4 Å². The number of nitrogens with zero attached hydrogens (tertiary/aromatic N) is 3. The maximum Gasteiger partial charge on any atom is 0.228 e. The van der Waals surface area contributed by atoms with Crippen molar-refractivity contribution in [2.45, 2.75) is 19.8 Å². The molecule has 3 aromatic rings. The predicted octanol–water partition coefficient (Wildman–Crippen LogP) is 3.26. The van der Waals surface area contributed by atoms with Crippen LogP contribution in [-0.2, 0) is 4.79 Å². The molecule has 1 fully saturated rings. The molecule has 5 N–H and O–H groups in total. The van der Waals surface area contributed by atoms with E-state index in [1.54, 1.807) is 18.6 Å². The number of hydrogen-bond acceptors (Lipinski definition) is 6. The van der Waals surface area contributed by atoms with Crippen molar-refractivity contribution in [1.82, 2.24) is 9.97 Å². The van der Waals surface area contributed by atoms with E-state index in [2.05, 4.69) is 21.4 Å². The third kappa shape index (κ3) is 3.21. The Labute approximate surface area is 162 Å². The highest BCUT2D eigenvalue weighted by Crippen LogP contribution is 2.41. The van der Waals surface area contributed by atoms with E-state index in [1.807, 2.05) is 25.1 Å². The molecular weight excluding hydrogens is 352 g/mol. The molecule has 7 nitrogen and oxygen atoms in total. The van der Waals surface area contributed by atoms with Crippen LogP contribution in [0.4, 0.5) is 17.2 Å². The Bertz CT molecular complexity index is 1130. The van der Waals surface area contributed by atoms with Gasteiger partial charge < -0.3 is 16.8 Å². The van der Waals surface area contributed by atoms with Gasteiger partial charge in [-0.3, -0.25) is 9.78 Å². The van der Waals surface area contributed by atoms with Gasteiger partial charge in [-0.15, -0.1) is 0 Å². The number of hydrogen-bond donors (Lipinski definition) is 3. The van der Waals surface area contributed by atoms with Crippen LogP contribution in [-0.4, -0.2) is 15.9 Å². The van der Waals surface area contributed by atoms with Crippen LogP contribution in [0.15, 0.2) is 36.8 Å². The van der Waals surface area contributed by atoms with Gasteiger partial charge in [0.15, 0.2) is 0 Å². The van der Waals surface area contributed by atoms with Crippen LogP contribution in [0.2, 0.25) is 0 Å². The van der Waals surface area contributed by atoms with Crippen molar-refractivity contribution in [3.05, 3.63) is 42.4 Å². The summed E-state index contributed by atoms with van der Waals surface area (Å²) in [5.74, 6) is 0.437. The molecule has 1 saturated carbocycles. The second-order valence-corrected chi connectivity index (χ2v) is 7.21. The molecule has 1 amide bonds. The summed E-state index contributed by atoms with van der Waals surface area (Å²) in [5, 5.41) is 13.3. The van der Waals surface area contributed by atoms with Crippen molar-refractivity contribution in [3.63, 3.8) is 0 Å². The fourth-order valence-corrected chi connectivity index (χ4v) is 3.47. The molecule has 0 radical (unpaired) electrons. The van der Waals surface area contributed by atoms with Crippen molar-refractivity contribution < 1.29 is 4.79 Å². The van der Waals surface area contributed by atoms with Crippen molar-refractivity contribution in [3.8, 4) is 17.2 Å². The Hall–Kier alpha value is -3.66. The summed E-state index contributed by atoms with van der Waals surface area (Å²) >= 11 is 0. The summed E-state index contributed by atoms with van der Waals surface area (Å²) in [6.45, 7) is 1.94. The van der Waals surface area contributed by atoms with Gasteiger partial charge in [-0.05, 0) is 54.0 Å². The van der Waals surface area contributed by atoms with Gasteiger partial charge in [0, 0.05) is 41.4 Å². The summed E-state index contributed by atoms with van der Waals surface area (Å²) in [5.41, 5.74) is 16.2. The Morgan fingerprint density at radius 2 is 2.07 bits per heavy atom. The number of carbonyl (C=O) groups is 1. The first-order chi connectivity index (χ1) is 13.5. The molecule has 7 heteroatoms. The topological polar surface area (TPSA) is 131 Å². The van der Waals surface area contributed by atoms with Crippen LogP contribution in [0, 0.1) is 30.1 Å². The normalized spacial score (nSPS) is 17.9. The zero-order valence-corrected chi connectivity index (χ0v) is 15.4. The number of aromatic nitrogens is 2. The number of anilines is 3. The Balaban J connectivity index is 1.66. The number of benzene rings is 1. The van der Waals surface area contributed by atoms with Gasteiger partial charge in [0.25, 0.3) is 0 Å². The molecule has 0 aliphatic heterocycles. The second-order valence-electron chi connectivity index (χ2n) is 7.21. The van der Waals surface area contributed by atoms with Crippen molar-refractivity contribution in [2.24, 2.45) is 11.8 Å². The Morgan fingerprint density at radius 1 is 1.25 bits per heavy atom. The number of amides is 1. The zero-order valence-electron chi connectivity index (χ0n) is 15.4. The molecule has 0 bridgehead atoms. The lowest BCUT2D eigenvalue weighted by Crippen LogP contribution is -2.15. The molecule has 2 aromatic heterocycles. The number of nitrogens with one attached hydrogen (secondary N) is 1. The average molecular weight is 372 g/mol. The maximum atomic E-state index is 12.3. The Kier molecular flexibility index (Phi) is 4.32. The van der Waals surface area contributed by atoms with Gasteiger partial charge in [-0.25, -0.2) is 4.98 Å². The highest BCUT2D eigenvalue weighted by molar-refractivity contribution is 6.00. The number of fused-ring (bicyclic) bond motifs is 1. The van der Waals surface area contributed by atoms with Crippen LogP contribution >= 0.6 is 0 Å². The number of nitriles is 1. The SMILES string of the molecule is Cc1c(N)cncc1-c1cc(N)c2cnc(NC(=O)[C@H]3C[C@@H]3CC#N)cc2c1. The van der Waals surface area contributed by atoms with E-state index in [4.69, 9.17) is 16.7 Å². The first-order valence-electron chi connectivity index (χ1n) is 9.05. The monoisotopic (exact) mass is 372 g/mol. The number of nitrogen functional groups attached to an aromatic ring is 2. The minimum absolute atomic E-state index is 0.0906. The standard InChI is InChI=1S/C21H20N6O/c1-11-16(8-25-10-19(11)24)13-4-14-7-20(26-9-17(14)18(23)6-13)27-21(28)15-5-12(15)2-3-22/h4,6-10,12,15H,2,5,23-24H2,1H3,(H,26,27,28)/t12-,15-/m0/s1. The molecule has 4 rings (SSSR count). The minimum atomic E-state index is -0.102. The van der Waals surface area contributed by atoms with E-state index in [-0.39, 0.29) is 17.7 Å². The van der Waals surface area contributed by atoms with Gasteiger partial charge in [0.1, 0.15) is 5.82 Å². The smallest absolute Gasteiger partial charge is 0.228 e. The van der Waals surface area contributed by atoms with Crippen LogP contribution in [0.3, 0.4) is 0 Å². The van der Waals surface area contributed by atoms with Gasteiger partial charge in [0.2, 0.25) is 5.91 Å². The lowest BCUT2D eigenvalue weighted by molar-refractivity contribution is -0.117. The molecule has 28 heavy (non-hydrogen) atoms. The highest BCUT2D eigenvalue weighted by atomic mass is 16.2. The molecule has 0 spiro atoms.